The minimum absolute atomic E-state index is 0.219. The van der Waals surface area contributed by atoms with Crippen LogP contribution in [0.25, 0.3) is 0 Å². The summed E-state index contributed by atoms with van der Waals surface area (Å²) >= 11 is 0. The number of hydrogen-bond donors (Lipinski definition) is 1. The Balaban J connectivity index is 2.00. The van der Waals surface area contributed by atoms with Crippen molar-refractivity contribution in [3.05, 3.63) is 0 Å². The molecule has 2 rings (SSSR count). The summed E-state index contributed by atoms with van der Waals surface area (Å²) in [7, 11) is 0. The fraction of sp³-hybridized carbons (Fsp3) is 0.900. The minimum atomic E-state index is -0.724. The van der Waals surface area contributed by atoms with E-state index in [1.165, 1.54) is 0 Å². The number of carbonyl (C=O) groups excluding carboxylic acids is 1. The lowest BCUT2D eigenvalue weighted by molar-refractivity contribution is -0.142. The van der Waals surface area contributed by atoms with Gasteiger partial charge in [0.15, 0.2) is 0 Å². The Kier molecular flexibility index (Phi) is 2.27. The molecule has 0 bridgehead atoms. The summed E-state index contributed by atoms with van der Waals surface area (Å²) in [5, 5.41) is 13.6. The molecule has 80 valence electrons. The summed E-state index contributed by atoms with van der Waals surface area (Å²) in [6.45, 7) is 4.87. The molecular weight excluding hydrogens is 180 g/mol. The molecular formula is C10H18N2O2. The van der Waals surface area contributed by atoms with Crippen molar-refractivity contribution in [3.63, 3.8) is 0 Å². The molecule has 14 heavy (non-hydrogen) atoms. The predicted octanol–water partition coefficient (Wildman–Crippen LogP) is 0.369. The maximum atomic E-state index is 11.6. The predicted molar refractivity (Wildman–Crippen MR) is 52.4 cm³/mol. The third-order valence-corrected chi connectivity index (χ3v) is 2.61. The van der Waals surface area contributed by atoms with E-state index in [1.807, 2.05) is 10.0 Å². The highest BCUT2D eigenvalue weighted by Gasteiger charge is 2.41. The number of hydrogen-bond acceptors (Lipinski definition) is 3. The van der Waals surface area contributed by atoms with Crippen molar-refractivity contribution in [1.82, 2.24) is 10.0 Å². The Morgan fingerprint density at radius 2 is 2.14 bits per heavy atom. The lowest BCUT2D eigenvalue weighted by atomic mass is 10.1. The summed E-state index contributed by atoms with van der Waals surface area (Å²) in [4.78, 5) is 11.6. The van der Waals surface area contributed by atoms with Gasteiger partial charge < -0.3 is 5.11 Å². The number of carbonyl (C=O) groups is 1. The van der Waals surface area contributed by atoms with Gasteiger partial charge in [0, 0.05) is 25.6 Å². The van der Waals surface area contributed by atoms with E-state index in [-0.39, 0.29) is 5.91 Å². The van der Waals surface area contributed by atoms with E-state index < -0.39 is 5.60 Å². The van der Waals surface area contributed by atoms with Gasteiger partial charge >= 0.3 is 0 Å². The first-order chi connectivity index (χ1) is 6.47. The highest BCUT2D eigenvalue weighted by molar-refractivity contribution is 5.78. The van der Waals surface area contributed by atoms with Crippen molar-refractivity contribution in [3.8, 4) is 0 Å². The molecule has 0 spiro atoms. The summed E-state index contributed by atoms with van der Waals surface area (Å²) in [6, 6.07) is 0.423. The number of nitrogens with zero attached hydrogens (tertiary/aromatic N) is 2. The third-order valence-electron chi connectivity index (χ3n) is 2.61. The van der Waals surface area contributed by atoms with Gasteiger partial charge in [-0.25, -0.2) is 5.01 Å². The van der Waals surface area contributed by atoms with Crippen molar-refractivity contribution >= 4 is 5.91 Å². The van der Waals surface area contributed by atoms with E-state index >= 15 is 0 Å². The van der Waals surface area contributed by atoms with Gasteiger partial charge in [0.2, 0.25) is 5.91 Å². The Labute approximate surface area is 84.5 Å². The molecule has 1 saturated heterocycles. The molecule has 1 heterocycles. The molecule has 1 N–H and O–H groups in total. The van der Waals surface area contributed by atoms with Gasteiger partial charge in [-0.3, -0.25) is 9.80 Å². The van der Waals surface area contributed by atoms with E-state index in [4.69, 9.17) is 0 Å². The fourth-order valence-corrected chi connectivity index (χ4v) is 1.96. The average Bonchev–Trinajstić information content (AvgIpc) is 2.77. The lowest BCUT2D eigenvalue weighted by Gasteiger charge is -2.32. The third kappa shape index (κ3) is 2.07. The molecule has 0 radical (unpaired) electrons. The molecule has 0 aromatic heterocycles. The quantitative estimate of drug-likeness (QED) is 0.712. The molecule has 0 aromatic carbocycles. The average molecular weight is 198 g/mol. The number of aliphatic hydroxyl groups is 1. The van der Waals surface area contributed by atoms with Gasteiger partial charge in [-0.05, 0) is 26.7 Å². The first kappa shape index (κ1) is 9.93. The zero-order chi connectivity index (χ0) is 10.3. The van der Waals surface area contributed by atoms with E-state index in [0.29, 0.717) is 19.0 Å². The maximum Gasteiger partial charge on any atom is 0.238 e. The first-order valence-corrected chi connectivity index (χ1v) is 5.27. The summed E-state index contributed by atoms with van der Waals surface area (Å²) < 4.78 is 0. The van der Waals surface area contributed by atoms with Crippen molar-refractivity contribution < 1.29 is 9.90 Å². The molecule has 1 amide bonds. The second kappa shape index (κ2) is 3.21. The van der Waals surface area contributed by atoms with Crippen LogP contribution in [0.1, 0.15) is 33.1 Å². The minimum Gasteiger partial charge on any atom is -0.389 e. The van der Waals surface area contributed by atoms with Crippen LogP contribution in [0.15, 0.2) is 0 Å². The second-order valence-electron chi connectivity index (χ2n) is 4.92. The Morgan fingerprint density at radius 3 is 2.64 bits per heavy atom. The Hall–Kier alpha value is -0.610. The topological polar surface area (TPSA) is 43.8 Å². The molecule has 1 saturated carbocycles. The first-order valence-electron chi connectivity index (χ1n) is 5.27. The van der Waals surface area contributed by atoms with E-state index in [2.05, 4.69) is 0 Å². The monoisotopic (exact) mass is 198 g/mol. The van der Waals surface area contributed by atoms with Crippen LogP contribution < -0.4 is 0 Å². The molecule has 0 atom stereocenters. The van der Waals surface area contributed by atoms with Crippen molar-refractivity contribution in [1.29, 1.82) is 0 Å². The molecule has 0 aromatic rings. The summed E-state index contributed by atoms with van der Waals surface area (Å²) in [5.41, 5.74) is -0.724. The largest absolute Gasteiger partial charge is 0.389 e. The standard InChI is InChI=1S/C10H18N2O2/c1-10(2,14)7-11-6-5-9(13)12(11)8-3-4-8/h8,14H,3-7H2,1-2H3. The fourth-order valence-electron chi connectivity index (χ4n) is 1.96. The van der Waals surface area contributed by atoms with Gasteiger partial charge in [-0.2, -0.15) is 0 Å². The van der Waals surface area contributed by atoms with Crippen LogP contribution in [0, 0.1) is 0 Å². The van der Waals surface area contributed by atoms with Crippen LogP contribution in [-0.4, -0.2) is 45.8 Å². The molecule has 4 heteroatoms. The van der Waals surface area contributed by atoms with Gasteiger partial charge in [0.1, 0.15) is 0 Å². The number of amides is 1. The van der Waals surface area contributed by atoms with E-state index in [9.17, 15) is 9.90 Å². The lowest BCUT2D eigenvalue weighted by Crippen LogP contribution is -2.47. The van der Waals surface area contributed by atoms with E-state index in [1.54, 1.807) is 13.8 Å². The van der Waals surface area contributed by atoms with Crippen LogP contribution in [0.2, 0.25) is 0 Å². The van der Waals surface area contributed by atoms with E-state index in [0.717, 1.165) is 19.4 Å². The molecule has 4 nitrogen and oxygen atoms in total. The van der Waals surface area contributed by atoms with Crippen molar-refractivity contribution in [2.45, 2.75) is 44.8 Å². The van der Waals surface area contributed by atoms with Crippen LogP contribution in [0.5, 0.6) is 0 Å². The Morgan fingerprint density at radius 1 is 1.50 bits per heavy atom. The zero-order valence-electron chi connectivity index (χ0n) is 8.86. The Bertz CT molecular complexity index is 243. The van der Waals surface area contributed by atoms with Gasteiger partial charge in [0.25, 0.3) is 0 Å². The normalized spacial score (nSPS) is 24.8. The molecule has 1 aliphatic carbocycles. The number of β-amino-alcohol motifs (C(OH)–C–C–N with tert-alkyl or cyclic N) is 1. The molecule has 1 aliphatic heterocycles. The van der Waals surface area contributed by atoms with Crippen LogP contribution in [0.4, 0.5) is 0 Å². The highest BCUT2D eigenvalue weighted by Crippen LogP contribution is 2.32. The smallest absolute Gasteiger partial charge is 0.238 e. The summed E-state index contributed by atoms with van der Waals surface area (Å²) in [6.07, 6.45) is 2.84. The van der Waals surface area contributed by atoms with Gasteiger partial charge in [-0.15, -0.1) is 0 Å². The van der Waals surface area contributed by atoms with Crippen molar-refractivity contribution in [2.24, 2.45) is 0 Å². The van der Waals surface area contributed by atoms with Crippen LogP contribution in [-0.2, 0) is 4.79 Å². The number of rotatable bonds is 3. The van der Waals surface area contributed by atoms with Crippen LogP contribution in [0.3, 0.4) is 0 Å². The summed E-state index contributed by atoms with van der Waals surface area (Å²) in [5.74, 6) is 0.219. The van der Waals surface area contributed by atoms with Gasteiger partial charge in [-0.1, -0.05) is 0 Å². The molecule has 2 fully saturated rings. The molecule has 2 aliphatic rings. The zero-order valence-corrected chi connectivity index (χ0v) is 8.86. The maximum absolute atomic E-state index is 11.6. The SMILES string of the molecule is CC(C)(O)CN1CCC(=O)N1C1CC1. The molecule has 0 unspecified atom stereocenters. The highest BCUT2D eigenvalue weighted by atomic mass is 16.3. The number of hydrazine groups is 1. The van der Waals surface area contributed by atoms with Crippen molar-refractivity contribution in [2.75, 3.05) is 13.1 Å². The van der Waals surface area contributed by atoms with Gasteiger partial charge in [0.05, 0.1) is 5.60 Å². The second-order valence-corrected chi connectivity index (χ2v) is 4.92. The van der Waals surface area contributed by atoms with Crippen LogP contribution >= 0.6 is 0 Å².